The number of hydrogen-bond acceptors (Lipinski definition) is 6. The van der Waals surface area contributed by atoms with Gasteiger partial charge < -0.3 is 20.3 Å². The van der Waals surface area contributed by atoms with E-state index in [9.17, 15) is 10.2 Å². The Morgan fingerprint density at radius 3 is 2.19 bits per heavy atom. The van der Waals surface area contributed by atoms with Crippen LogP contribution in [0.4, 0.5) is 5.69 Å². The molecule has 1 unspecified atom stereocenters. The summed E-state index contributed by atoms with van der Waals surface area (Å²) in [5.74, 6) is 0.287. The number of piperazine rings is 1. The van der Waals surface area contributed by atoms with Crippen LogP contribution in [0.25, 0.3) is 6.08 Å². The molecule has 3 aromatic carbocycles. The van der Waals surface area contributed by atoms with E-state index in [4.69, 9.17) is 4.74 Å². The van der Waals surface area contributed by atoms with Gasteiger partial charge in [-0.15, -0.1) is 0 Å². The van der Waals surface area contributed by atoms with E-state index in [1.165, 1.54) is 5.56 Å². The van der Waals surface area contributed by atoms with Gasteiger partial charge in [0.15, 0.2) is 0 Å². The van der Waals surface area contributed by atoms with Crippen LogP contribution < -0.4 is 10.6 Å². The van der Waals surface area contributed by atoms with Crippen molar-refractivity contribution < 1.29 is 9.53 Å². The molecular weight excluding hydrogens is 522 g/mol. The van der Waals surface area contributed by atoms with Crippen molar-refractivity contribution in [1.82, 2.24) is 15.1 Å². The minimum atomic E-state index is -0.461. The molecule has 0 amide bonds. The number of allylic oxidation sites excluding steroid dienone is 1. The molecule has 0 aliphatic carbocycles. The maximum Gasteiger partial charge on any atom is 0.336 e. The lowest BCUT2D eigenvalue weighted by Crippen LogP contribution is -2.50. The van der Waals surface area contributed by atoms with Crippen molar-refractivity contribution in [2.45, 2.75) is 19.8 Å². The summed E-state index contributed by atoms with van der Waals surface area (Å²) in [4.78, 5) is 17.9. The SMILES string of the molecule is CCOC(=O)C1=C(C)NC(Nc2ccccc2)=C(C(=N)N2CCN(C/C=C/c3ccccc3)CC2)C1c1ccccc1. The molecule has 0 saturated carbocycles. The molecule has 0 aromatic heterocycles. The second-order valence-electron chi connectivity index (χ2n) is 10.5. The highest BCUT2D eigenvalue weighted by atomic mass is 16.5. The highest BCUT2D eigenvalue weighted by Gasteiger charge is 2.38. The van der Waals surface area contributed by atoms with Gasteiger partial charge in [-0.3, -0.25) is 10.3 Å². The first-order valence-electron chi connectivity index (χ1n) is 14.6. The smallest absolute Gasteiger partial charge is 0.336 e. The van der Waals surface area contributed by atoms with Crippen molar-refractivity contribution in [2.24, 2.45) is 0 Å². The van der Waals surface area contributed by atoms with Crippen molar-refractivity contribution in [2.75, 3.05) is 44.6 Å². The number of nitrogens with zero attached hydrogens (tertiary/aromatic N) is 2. The second kappa shape index (κ2) is 13.8. The van der Waals surface area contributed by atoms with E-state index < -0.39 is 5.92 Å². The number of nitrogens with one attached hydrogen (secondary N) is 3. The van der Waals surface area contributed by atoms with E-state index in [1.54, 1.807) is 0 Å². The Bertz CT molecular complexity index is 1460. The van der Waals surface area contributed by atoms with Gasteiger partial charge in [0.1, 0.15) is 11.7 Å². The molecular formula is C35H39N5O2. The first kappa shape index (κ1) is 28.9. The first-order valence-corrected chi connectivity index (χ1v) is 14.6. The summed E-state index contributed by atoms with van der Waals surface area (Å²) in [7, 11) is 0. The Balaban J connectivity index is 1.43. The Morgan fingerprint density at radius 1 is 0.929 bits per heavy atom. The van der Waals surface area contributed by atoms with Gasteiger partial charge in [0.05, 0.1) is 18.1 Å². The van der Waals surface area contributed by atoms with E-state index in [0.717, 1.165) is 49.5 Å². The van der Waals surface area contributed by atoms with E-state index >= 15 is 0 Å². The molecule has 2 aliphatic heterocycles. The summed E-state index contributed by atoms with van der Waals surface area (Å²) >= 11 is 0. The molecule has 2 aliphatic rings. The van der Waals surface area contributed by atoms with Crippen LogP contribution in [0.3, 0.4) is 0 Å². The molecule has 0 radical (unpaired) electrons. The molecule has 1 saturated heterocycles. The Morgan fingerprint density at radius 2 is 1.55 bits per heavy atom. The molecule has 216 valence electrons. The lowest BCUT2D eigenvalue weighted by molar-refractivity contribution is -0.138. The van der Waals surface area contributed by atoms with Crippen molar-refractivity contribution >= 4 is 23.6 Å². The van der Waals surface area contributed by atoms with Crippen LogP contribution in [0, 0.1) is 5.41 Å². The zero-order valence-electron chi connectivity index (χ0n) is 24.3. The topological polar surface area (TPSA) is 80.7 Å². The number of esters is 1. The third kappa shape index (κ3) is 6.81. The zero-order chi connectivity index (χ0) is 29.3. The molecule has 7 heteroatoms. The van der Waals surface area contributed by atoms with Gasteiger partial charge in [-0.05, 0) is 37.1 Å². The average Bonchev–Trinajstić information content (AvgIpc) is 3.02. The van der Waals surface area contributed by atoms with Crippen LogP contribution in [0.5, 0.6) is 0 Å². The molecule has 3 aromatic rings. The molecule has 3 N–H and O–H groups in total. The van der Waals surface area contributed by atoms with Crippen LogP contribution in [0.15, 0.2) is 120 Å². The minimum Gasteiger partial charge on any atom is -0.463 e. The monoisotopic (exact) mass is 561 g/mol. The molecule has 0 spiro atoms. The third-order valence-electron chi connectivity index (χ3n) is 7.65. The summed E-state index contributed by atoms with van der Waals surface area (Å²) in [5, 5.41) is 16.5. The number of dihydropyridines is 1. The van der Waals surface area contributed by atoms with E-state index in [1.807, 2.05) is 92.7 Å². The van der Waals surface area contributed by atoms with Crippen molar-refractivity contribution in [3.63, 3.8) is 0 Å². The molecule has 1 fully saturated rings. The van der Waals surface area contributed by atoms with Gasteiger partial charge in [-0.25, -0.2) is 4.79 Å². The number of carbonyl (C=O) groups is 1. The highest BCUT2D eigenvalue weighted by molar-refractivity contribution is 6.04. The molecule has 42 heavy (non-hydrogen) atoms. The fourth-order valence-corrected chi connectivity index (χ4v) is 5.53. The Labute approximate surface area is 248 Å². The van der Waals surface area contributed by atoms with Crippen LogP contribution in [-0.4, -0.2) is 60.9 Å². The molecule has 7 nitrogen and oxygen atoms in total. The predicted molar refractivity (Wildman–Crippen MR) is 170 cm³/mol. The fourth-order valence-electron chi connectivity index (χ4n) is 5.53. The van der Waals surface area contributed by atoms with E-state index in [2.05, 4.69) is 44.7 Å². The van der Waals surface area contributed by atoms with Gasteiger partial charge in [0.25, 0.3) is 0 Å². The second-order valence-corrected chi connectivity index (χ2v) is 10.5. The fraction of sp³-hybridized carbons (Fsp3) is 0.257. The highest BCUT2D eigenvalue weighted by Crippen LogP contribution is 2.40. The van der Waals surface area contributed by atoms with Crippen LogP contribution in [0.2, 0.25) is 0 Å². The molecule has 0 bridgehead atoms. The maximum atomic E-state index is 13.4. The van der Waals surface area contributed by atoms with Crippen molar-refractivity contribution in [1.29, 1.82) is 5.41 Å². The number of amidine groups is 1. The van der Waals surface area contributed by atoms with Crippen LogP contribution in [-0.2, 0) is 9.53 Å². The first-order chi connectivity index (χ1) is 20.5. The third-order valence-corrected chi connectivity index (χ3v) is 7.65. The van der Waals surface area contributed by atoms with Gasteiger partial charge >= 0.3 is 5.97 Å². The molecule has 1 atom stereocenters. The minimum absolute atomic E-state index is 0.281. The van der Waals surface area contributed by atoms with Gasteiger partial charge in [0, 0.05) is 49.7 Å². The standard InChI is InChI=1S/C35H39N5O2/c1-3-42-35(41)30-26(2)37-34(38-29-19-11-6-12-20-29)32(31(30)28-17-9-5-10-18-28)33(36)40-24-22-39(23-25-40)21-13-16-27-14-7-4-8-15-27/h4-20,31,36-38H,3,21-25H2,1-2H3/b16-13+,36-33?. The predicted octanol–water partition coefficient (Wildman–Crippen LogP) is 5.84. The van der Waals surface area contributed by atoms with Gasteiger partial charge in [0.2, 0.25) is 0 Å². The number of rotatable bonds is 9. The number of anilines is 1. The Kier molecular flexibility index (Phi) is 9.51. The molecule has 5 rings (SSSR count). The maximum absolute atomic E-state index is 13.4. The lowest BCUT2D eigenvalue weighted by Gasteiger charge is -2.40. The number of ether oxygens (including phenoxy) is 1. The van der Waals surface area contributed by atoms with Crippen LogP contribution in [0.1, 0.15) is 30.9 Å². The molecule has 2 heterocycles. The summed E-state index contributed by atoms with van der Waals surface area (Å²) in [6, 6.07) is 30.2. The van der Waals surface area contributed by atoms with Crippen molar-refractivity contribution in [3.8, 4) is 0 Å². The van der Waals surface area contributed by atoms with E-state index in [-0.39, 0.29) is 12.6 Å². The number of carbonyl (C=O) groups excluding carboxylic acids is 1. The summed E-state index contributed by atoms with van der Waals surface area (Å²) in [6.07, 6.45) is 4.36. The average molecular weight is 562 g/mol. The quantitative estimate of drug-likeness (QED) is 0.173. The number of para-hydroxylation sites is 1. The summed E-state index contributed by atoms with van der Waals surface area (Å²) in [6.45, 7) is 8.00. The lowest BCUT2D eigenvalue weighted by atomic mass is 9.80. The normalized spacial score (nSPS) is 17.8. The van der Waals surface area contributed by atoms with Gasteiger partial charge in [-0.1, -0.05) is 91.0 Å². The summed E-state index contributed by atoms with van der Waals surface area (Å²) in [5.41, 5.74) is 5.02. The Hall–Kier alpha value is -4.62. The van der Waals surface area contributed by atoms with Crippen molar-refractivity contribution in [3.05, 3.63) is 131 Å². The van der Waals surface area contributed by atoms with Crippen LogP contribution >= 0.6 is 0 Å². The summed E-state index contributed by atoms with van der Waals surface area (Å²) < 4.78 is 5.54. The zero-order valence-corrected chi connectivity index (χ0v) is 24.3. The number of benzene rings is 3. The van der Waals surface area contributed by atoms with E-state index in [0.29, 0.717) is 22.9 Å². The largest absolute Gasteiger partial charge is 0.463 e. The van der Waals surface area contributed by atoms with Gasteiger partial charge in [-0.2, -0.15) is 0 Å². The number of hydrogen-bond donors (Lipinski definition) is 3.